The molecule has 1 amide bonds. The topological polar surface area (TPSA) is 66.6 Å². The summed E-state index contributed by atoms with van der Waals surface area (Å²) in [6.45, 7) is 6.69. The third kappa shape index (κ3) is 3.69. The number of carbonyl (C=O) groups is 1. The van der Waals surface area contributed by atoms with Crippen LogP contribution in [0.3, 0.4) is 0 Å². The molecule has 1 aliphatic heterocycles. The Labute approximate surface area is 203 Å². The van der Waals surface area contributed by atoms with Crippen LogP contribution in [0.1, 0.15) is 21.5 Å². The maximum absolute atomic E-state index is 13.1. The zero-order chi connectivity index (χ0) is 23.9. The van der Waals surface area contributed by atoms with Crippen LogP contribution in [0.25, 0.3) is 27.9 Å². The molecular formula is C28H26N6O. The number of amides is 1. The van der Waals surface area contributed by atoms with Crippen LogP contribution < -0.4 is 4.90 Å². The van der Waals surface area contributed by atoms with E-state index >= 15 is 0 Å². The summed E-state index contributed by atoms with van der Waals surface area (Å²) in [5.74, 6) is 1.66. The first-order valence-electron chi connectivity index (χ1n) is 11.9. The molecule has 7 nitrogen and oxygen atoms in total. The molecule has 0 unspecified atom stereocenters. The van der Waals surface area contributed by atoms with Crippen molar-refractivity contribution >= 4 is 28.4 Å². The minimum atomic E-state index is 0.0870. The van der Waals surface area contributed by atoms with Gasteiger partial charge in [-0.05, 0) is 37.6 Å². The van der Waals surface area contributed by atoms with Gasteiger partial charge in [0.2, 0.25) is 5.95 Å². The maximum Gasteiger partial charge on any atom is 0.254 e. The number of fused-ring (bicyclic) bond motifs is 3. The normalized spacial score (nSPS) is 14.1. The van der Waals surface area contributed by atoms with E-state index in [1.807, 2.05) is 60.4 Å². The van der Waals surface area contributed by atoms with Gasteiger partial charge < -0.3 is 9.80 Å². The van der Waals surface area contributed by atoms with Crippen molar-refractivity contribution in [1.82, 2.24) is 24.5 Å². The second kappa shape index (κ2) is 8.51. The van der Waals surface area contributed by atoms with E-state index < -0.39 is 0 Å². The molecule has 7 heteroatoms. The first-order valence-corrected chi connectivity index (χ1v) is 11.9. The molecule has 0 saturated carbocycles. The Bertz CT molecular complexity index is 1550. The van der Waals surface area contributed by atoms with Crippen LogP contribution in [0.2, 0.25) is 0 Å². The first-order chi connectivity index (χ1) is 17.1. The summed E-state index contributed by atoms with van der Waals surface area (Å²) in [5, 5.41) is 10.1. The average Bonchev–Trinajstić information content (AvgIpc) is 3.34. The van der Waals surface area contributed by atoms with Crippen LogP contribution in [-0.4, -0.2) is 56.6 Å². The summed E-state index contributed by atoms with van der Waals surface area (Å²) in [6, 6.07) is 24.1. The molecule has 0 bridgehead atoms. The molecule has 174 valence electrons. The lowest BCUT2D eigenvalue weighted by molar-refractivity contribution is 0.0745. The van der Waals surface area contributed by atoms with E-state index in [4.69, 9.17) is 4.98 Å². The summed E-state index contributed by atoms with van der Waals surface area (Å²) >= 11 is 0. The minimum absolute atomic E-state index is 0.0870. The summed E-state index contributed by atoms with van der Waals surface area (Å²) in [5.41, 5.74) is 5.64. The molecule has 0 aliphatic carbocycles. The molecule has 6 rings (SSSR count). The third-order valence-corrected chi connectivity index (χ3v) is 6.76. The van der Waals surface area contributed by atoms with Gasteiger partial charge in [-0.25, -0.2) is 9.38 Å². The lowest BCUT2D eigenvalue weighted by atomic mass is 10.1. The number of hydrogen-bond acceptors (Lipinski definition) is 5. The van der Waals surface area contributed by atoms with Gasteiger partial charge in [-0.1, -0.05) is 60.2 Å². The summed E-state index contributed by atoms with van der Waals surface area (Å²) in [4.78, 5) is 22.4. The molecule has 0 atom stereocenters. The molecule has 1 fully saturated rings. The fourth-order valence-corrected chi connectivity index (χ4v) is 4.76. The highest BCUT2D eigenvalue weighted by Crippen LogP contribution is 2.29. The molecule has 5 aromatic rings. The predicted octanol–water partition coefficient (Wildman–Crippen LogP) is 4.52. The summed E-state index contributed by atoms with van der Waals surface area (Å²) in [6.07, 6.45) is 0. The number of carbonyl (C=O) groups excluding carboxylic acids is 1. The van der Waals surface area contributed by atoms with Crippen molar-refractivity contribution in [2.24, 2.45) is 0 Å². The number of hydrogen-bond donors (Lipinski definition) is 0. The summed E-state index contributed by atoms with van der Waals surface area (Å²) in [7, 11) is 0. The van der Waals surface area contributed by atoms with Crippen LogP contribution in [0.5, 0.6) is 0 Å². The maximum atomic E-state index is 13.1. The number of nitrogens with zero attached hydrogens (tertiary/aromatic N) is 6. The van der Waals surface area contributed by atoms with Crippen molar-refractivity contribution in [3.8, 4) is 11.4 Å². The molecule has 1 saturated heterocycles. The van der Waals surface area contributed by atoms with Gasteiger partial charge in [0.25, 0.3) is 5.91 Å². The number of anilines is 1. The first kappa shape index (κ1) is 21.3. The number of aromatic nitrogens is 4. The predicted molar refractivity (Wildman–Crippen MR) is 138 cm³/mol. The molecule has 3 aromatic carbocycles. The van der Waals surface area contributed by atoms with Crippen LogP contribution >= 0.6 is 0 Å². The lowest BCUT2D eigenvalue weighted by Crippen LogP contribution is -2.49. The number of aryl methyl sites for hydroxylation is 2. The Balaban J connectivity index is 1.38. The zero-order valence-corrected chi connectivity index (χ0v) is 19.8. The Hall–Kier alpha value is -4.26. The summed E-state index contributed by atoms with van der Waals surface area (Å²) < 4.78 is 2.06. The van der Waals surface area contributed by atoms with Crippen molar-refractivity contribution in [3.05, 3.63) is 89.5 Å². The minimum Gasteiger partial charge on any atom is -0.338 e. The van der Waals surface area contributed by atoms with E-state index in [-0.39, 0.29) is 5.91 Å². The van der Waals surface area contributed by atoms with E-state index in [1.54, 1.807) is 0 Å². The SMILES string of the molecule is Cc1ccc(-c2nnc3c4ccccc4nc(N4CCN(C(=O)c5ccccc5C)CC4)n23)cc1. The van der Waals surface area contributed by atoms with Crippen LogP contribution in [0.15, 0.2) is 72.8 Å². The van der Waals surface area contributed by atoms with Crippen molar-refractivity contribution in [2.75, 3.05) is 31.1 Å². The monoisotopic (exact) mass is 462 g/mol. The van der Waals surface area contributed by atoms with Gasteiger partial charge in [-0.2, -0.15) is 0 Å². The molecule has 2 aromatic heterocycles. The fraction of sp³-hybridized carbons (Fsp3) is 0.214. The smallest absolute Gasteiger partial charge is 0.254 e. The lowest BCUT2D eigenvalue weighted by Gasteiger charge is -2.36. The second-order valence-electron chi connectivity index (χ2n) is 9.07. The van der Waals surface area contributed by atoms with Gasteiger partial charge in [0.05, 0.1) is 5.52 Å². The van der Waals surface area contributed by atoms with E-state index in [0.29, 0.717) is 26.2 Å². The Morgan fingerprint density at radius 2 is 1.51 bits per heavy atom. The largest absolute Gasteiger partial charge is 0.338 e. The zero-order valence-electron chi connectivity index (χ0n) is 19.8. The number of benzene rings is 3. The van der Waals surface area contributed by atoms with Crippen LogP contribution in [-0.2, 0) is 0 Å². The molecule has 0 N–H and O–H groups in total. The van der Waals surface area contributed by atoms with E-state index in [0.717, 1.165) is 45.0 Å². The fourth-order valence-electron chi connectivity index (χ4n) is 4.76. The van der Waals surface area contributed by atoms with E-state index in [1.165, 1.54) is 5.56 Å². The van der Waals surface area contributed by atoms with Gasteiger partial charge in [0.15, 0.2) is 11.5 Å². The van der Waals surface area contributed by atoms with Crippen molar-refractivity contribution in [2.45, 2.75) is 13.8 Å². The molecule has 0 radical (unpaired) electrons. The molecule has 0 spiro atoms. The van der Waals surface area contributed by atoms with Crippen molar-refractivity contribution < 1.29 is 4.79 Å². The second-order valence-corrected chi connectivity index (χ2v) is 9.07. The highest BCUT2D eigenvalue weighted by atomic mass is 16.2. The number of rotatable bonds is 3. The average molecular weight is 463 g/mol. The third-order valence-electron chi connectivity index (χ3n) is 6.76. The van der Waals surface area contributed by atoms with Gasteiger partial charge in [0, 0.05) is 42.7 Å². The highest BCUT2D eigenvalue weighted by Gasteiger charge is 2.27. The van der Waals surface area contributed by atoms with Crippen molar-refractivity contribution in [1.29, 1.82) is 0 Å². The van der Waals surface area contributed by atoms with E-state index in [2.05, 4.69) is 50.7 Å². The molecular weight excluding hydrogens is 436 g/mol. The quantitative estimate of drug-likeness (QED) is 0.394. The number of para-hydroxylation sites is 1. The highest BCUT2D eigenvalue weighted by molar-refractivity contribution is 5.96. The van der Waals surface area contributed by atoms with Crippen molar-refractivity contribution in [3.63, 3.8) is 0 Å². The Morgan fingerprint density at radius 3 is 2.29 bits per heavy atom. The van der Waals surface area contributed by atoms with Crippen LogP contribution in [0.4, 0.5) is 5.95 Å². The van der Waals surface area contributed by atoms with Gasteiger partial charge in [-0.15, -0.1) is 10.2 Å². The van der Waals surface area contributed by atoms with Gasteiger partial charge >= 0.3 is 0 Å². The van der Waals surface area contributed by atoms with E-state index in [9.17, 15) is 4.79 Å². The van der Waals surface area contributed by atoms with Gasteiger partial charge in [0.1, 0.15) is 0 Å². The van der Waals surface area contributed by atoms with Crippen LogP contribution in [0, 0.1) is 13.8 Å². The Morgan fingerprint density at radius 1 is 0.800 bits per heavy atom. The van der Waals surface area contributed by atoms with Gasteiger partial charge in [-0.3, -0.25) is 4.79 Å². The molecule has 1 aliphatic rings. The Kier molecular flexibility index (Phi) is 5.17. The standard InChI is InChI=1S/C28H26N6O/c1-19-11-13-21(14-12-19)25-30-31-26-23-9-5-6-10-24(23)29-28(34(25)26)33-17-15-32(16-18-33)27(35)22-8-4-3-7-20(22)2/h3-14H,15-18H2,1-2H3. The molecule has 35 heavy (non-hydrogen) atoms. The molecule has 3 heterocycles. The number of piperazine rings is 1.